The van der Waals surface area contributed by atoms with E-state index in [-0.39, 0.29) is 18.1 Å². The Labute approximate surface area is 232 Å². The third-order valence-corrected chi connectivity index (χ3v) is 6.81. The summed E-state index contributed by atoms with van der Waals surface area (Å²) < 4.78 is 10.6. The maximum Gasteiger partial charge on any atom is 0.410 e. The molecule has 0 radical (unpaired) electrons. The first kappa shape index (κ1) is 33.9. The van der Waals surface area contributed by atoms with Gasteiger partial charge in [0.15, 0.2) is 0 Å². The van der Waals surface area contributed by atoms with Crippen molar-refractivity contribution < 1.29 is 38.6 Å². The molecule has 2 heterocycles. The van der Waals surface area contributed by atoms with Gasteiger partial charge in [-0.3, -0.25) is 14.4 Å². The Hall–Kier alpha value is -3.08. The lowest BCUT2D eigenvalue weighted by atomic mass is 9.77. The van der Waals surface area contributed by atoms with E-state index < -0.39 is 28.0 Å². The summed E-state index contributed by atoms with van der Waals surface area (Å²) >= 11 is 0. The summed E-state index contributed by atoms with van der Waals surface area (Å²) in [5.41, 5.74) is -2.63. The number of hydrogen-bond acceptors (Lipinski definition) is 7. The maximum atomic E-state index is 12.4. The van der Waals surface area contributed by atoms with Gasteiger partial charge < -0.3 is 24.4 Å². The van der Waals surface area contributed by atoms with Crippen LogP contribution >= 0.6 is 0 Å². The van der Waals surface area contributed by atoms with Crippen molar-refractivity contribution in [2.45, 2.75) is 78.4 Å². The molecule has 11 nitrogen and oxygen atoms in total. The van der Waals surface area contributed by atoms with Gasteiger partial charge in [0.25, 0.3) is 5.91 Å². The zero-order valence-electron chi connectivity index (χ0n) is 24.9. The zero-order valence-corrected chi connectivity index (χ0v) is 24.9. The first-order chi connectivity index (χ1) is 17.8. The lowest BCUT2D eigenvalue weighted by Crippen LogP contribution is -2.50. The molecule has 1 N–H and O–H groups in total. The molecular formula is C28H47N3O8. The highest BCUT2D eigenvalue weighted by molar-refractivity contribution is 5.84. The summed E-state index contributed by atoms with van der Waals surface area (Å²) in [5, 5.41) is 10.4. The number of piperidine rings is 2. The van der Waals surface area contributed by atoms with Gasteiger partial charge >= 0.3 is 18.2 Å². The topological polar surface area (TPSA) is 126 Å². The molecule has 2 fully saturated rings. The summed E-state index contributed by atoms with van der Waals surface area (Å²) in [6, 6.07) is 0. The molecular weight excluding hydrogens is 506 g/mol. The SMILES string of the molecule is C=CC1(C(=O)N(C)OC)CCN(C(=O)OC(C)(C)C)CC1.C=CC1(C(=O)O)CCN(C(=O)OC(C)(C)C)CC1. The van der Waals surface area contributed by atoms with Crippen LogP contribution < -0.4 is 0 Å². The molecule has 39 heavy (non-hydrogen) atoms. The van der Waals surface area contributed by atoms with Crippen LogP contribution in [-0.2, 0) is 23.9 Å². The van der Waals surface area contributed by atoms with E-state index in [1.165, 1.54) is 18.2 Å². The Morgan fingerprint density at radius 3 is 1.36 bits per heavy atom. The number of ether oxygens (including phenoxy) is 2. The highest BCUT2D eigenvalue weighted by Gasteiger charge is 2.43. The van der Waals surface area contributed by atoms with Crippen LogP contribution in [0.5, 0.6) is 0 Å². The minimum absolute atomic E-state index is 0.135. The van der Waals surface area contributed by atoms with Gasteiger partial charge in [0.1, 0.15) is 11.2 Å². The van der Waals surface area contributed by atoms with Crippen LogP contribution in [0.25, 0.3) is 0 Å². The van der Waals surface area contributed by atoms with Crippen LogP contribution in [0.4, 0.5) is 9.59 Å². The standard InChI is InChI=1S/C15H26N2O4.C13H21NO4/c1-7-15(12(18)16(5)20-6)8-10-17(11-9-15)13(19)21-14(2,3)4;1-5-13(10(15)16)6-8-14(9-7-13)11(17)18-12(2,3)4/h7H,1,8-11H2,2-6H3;5H,1,6-9H2,2-4H3,(H,15,16). The van der Waals surface area contributed by atoms with Gasteiger partial charge in [-0.15, -0.1) is 13.2 Å². The number of amides is 3. The predicted molar refractivity (Wildman–Crippen MR) is 147 cm³/mol. The Balaban J connectivity index is 0.000000395. The molecule has 2 aliphatic heterocycles. The average Bonchev–Trinajstić information content (AvgIpc) is 2.86. The molecule has 0 saturated carbocycles. The molecule has 0 aromatic carbocycles. The number of carbonyl (C=O) groups is 4. The second-order valence-electron chi connectivity index (χ2n) is 11.9. The maximum absolute atomic E-state index is 12.4. The average molecular weight is 554 g/mol. The van der Waals surface area contributed by atoms with Crippen LogP contribution in [0.1, 0.15) is 67.2 Å². The third-order valence-electron chi connectivity index (χ3n) is 6.81. The van der Waals surface area contributed by atoms with Gasteiger partial charge in [0.05, 0.1) is 17.9 Å². The molecule has 3 amide bonds. The number of likely N-dealkylation sites (tertiary alicyclic amines) is 2. The number of carboxylic acids is 1. The minimum Gasteiger partial charge on any atom is -0.481 e. The molecule has 0 unspecified atom stereocenters. The van der Waals surface area contributed by atoms with Crippen molar-refractivity contribution in [2.75, 3.05) is 40.3 Å². The Morgan fingerprint density at radius 2 is 1.10 bits per heavy atom. The summed E-state index contributed by atoms with van der Waals surface area (Å²) in [5.74, 6) is -1.01. The smallest absolute Gasteiger partial charge is 0.410 e. The molecule has 0 atom stereocenters. The lowest BCUT2D eigenvalue weighted by Gasteiger charge is -2.40. The van der Waals surface area contributed by atoms with Gasteiger partial charge in [-0.05, 0) is 67.2 Å². The molecule has 0 spiro atoms. The molecule has 0 bridgehead atoms. The fourth-order valence-electron chi connectivity index (χ4n) is 4.24. The molecule has 0 aromatic rings. The van der Waals surface area contributed by atoms with Crippen LogP contribution in [0.3, 0.4) is 0 Å². The third kappa shape index (κ3) is 9.56. The normalized spacial score (nSPS) is 18.6. The van der Waals surface area contributed by atoms with Crippen molar-refractivity contribution in [3.8, 4) is 0 Å². The van der Waals surface area contributed by atoms with Gasteiger partial charge in [-0.2, -0.15) is 0 Å². The van der Waals surface area contributed by atoms with Gasteiger partial charge in [-0.25, -0.2) is 14.7 Å². The summed E-state index contributed by atoms with van der Waals surface area (Å²) in [6.45, 7) is 20.0. The molecule has 0 aliphatic carbocycles. The molecule has 2 rings (SSSR count). The van der Waals surface area contributed by atoms with E-state index in [9.17, 15) is 24.3 Å². The van der Waals surface area contributed by atoms with E-state index in [0.717, 1.165) is 0 Å². The number of carbonyl (C=O) groups excluding carboxylic acids is 3. The van der Waals surface area contributed by atoms with Crippen molar-refractivity contribution >= 4 is 24.1 Å². The first-order valence-corrected chi connectivity index (χ1v) is 13.1. The number of hydroxylamine groups is 2. The van der Waals surface area contributed by atoms with Crippen LogP contribution in [0.15, 0.2) is 25.3 Å². The highest BCUT2D eigenvalue weighted by atomic mass is 16.7. The van der Waals surface area contributed by atoms with Crippen molar-refractivity contribution in [1.29, 1.82) is 0 Å². The summed E-state index contributed by atoms with van der Waals surface area (Å²) in [7, 11) is 3.03. The van der Waals surface area contributed by atoms with Crippen molar-refractivity contribution in [3.63, 3.8) is 0 Å². The van der Waals surface area contributed by atoms with E-state index in [1.54, 1.807) is 43.7 Å². The van der Waals surface area contributed by atoms with E-state index in [0.29, 0.717) is 51.9 Å². The number of carboxylic acid groups (broad SMARTS) is 1. The molecule has 0 aromatic heterocycles. The van der Waals surface area contributed by atoms with E-state index in [4.69, 9.17) is 14.3 Å². The second-order valence-corrected chi connectivity index (χ2v) is 11.9. The minimum atomic E-state index is -0.904. The lowest BCUT2D eigenvalue weighted by molar-refractivity contribution is -0.179. The first-order valence-electron chi connectivity index (χ1n) is 13.1. The van der Waals surface area contributed by atoms with Crippen molar-refractivity contribution in [3.05, 3.63) is 25.3 Å². The van der Waals surface area contributed by atoms with Gasteiger partial charge in [-0.1, -0.05) is 12.2 Å². The largest absolute Gasteiger partial charge is 0.481 e. The van der Waals surface area contributed by atoms with Crippen LogP contribution in [0.2, 0.25) is 0 Å². The van der Waals surface area contributed by atoms with Crippen LogP contribution in [-0.4, -0.2) is 95.6 Å². The summed E-state index contributed by atoms with van der Waals surface area (Å²) in [4.78, 5) is 55.6. The molecule has 222 valence electrons. The van der Waals surface area contributed by atoms with Gasteiger partial charge in [0.2, 0.25) is 0 Å². The number of hydrogen-bond donors (Lipinski definition) is 1. The Kier molecular flexibility index (Phi) is 11.6. The predicted octanol–water partition coefficient (Wildman–Crippen LogP) is 4.48. The monoisotopic (exact) mass is 553 g/mol. The van der Waals surface area contributed by atoms with E-state index >= 15 is 0 Å². The van der Waals surface area contributed by atoms with Crippen LogP contribution in [0, 0.1) is 10.8 Å². The number of aliphatic carboxylic acids is 1. The molecule has 2 aliphatic rings. The zero-order chi connectivity index (χ0) is 30.2. The fraction of sp³-hybridized carbons (Fsp3) is 0.714. The van der Waals surface area contributed by atoms with E-state index in [1.807, 2.05) is 20.8 Å². The van der Waals surface area contributed by atoms with Crippen molar-refractivity contribution in [1.82, 2.24) is 14.9 Å². The molecule has 2 saturated heterocycles. The second kappa shape index (κ2) is 13.3. The molecule has 11 heteroatoms. The number of rotatable bonds is 5. The Bertz CT molecular complexity index is 903. The van der Waals surface area contributed by atoms with E-state index in [2.05, 4.69) is 13.2 Å². The Morgan fingerprint density at radius 1 is 0.769 bits per heavy atom. The summed E-state index contributed by atoms with van der Waals surface area (Å²) in [6.07, 6.45) is 4.21. The fourth-order valence-corrected chi connectivity index (χ4v) is 4.24. The number of nitrogens with zero attached hydrogens (tertiary/aromatic N) is 3. The highest BCUT2D eigenvalue weighted by Crippen LogP contribution is 2.35. The van der Waals surface area contributed by atoms with Gasteiger partial charge in [0, 0.05) is 33.2 Å². The quantitative estimate of drug-likeness (QED) is 0.390. The van der Waals surface area contributed by atoms with Crippen molar-refractivity contribution in [2.24, 2.45) is 10.8 Å².